The van der Waals surface area contributed by atoms with Crippen LogP contribution in [0.25, 0.3) is 0 Å². The van der Waals surface area contributed by atoms with Gasteiger partial charge in [-0.15, -0.1) is 0 Å². The second kappa shape index (κ2) is 45.3. The molecule has 0 bridgehead atoms. The Morgan fingerprint density at radius 3 is 0.857 bits per heavy atom. The number of hydrogen-bond acceptors (Lipinski definition) is 0. The fourth-order valence-corrected chi connectivity index (χ4v) is 9.15. The molecule has 0 atom stereocenters. The molecule has 2 nitrogen and oxygen atoms in total. The van der Waals surface area contributed by atoms with Crippen molar-refractivity contribution in [2.75, 3.05) is 0 Å². The number of aromatic nitrogens is 2. The minimum Gasteiger partial charge on any atom is -0.234 e. The molecule has 332 valence electrons. The van der Waals surface area contributed by atoms with Gasteiger partial charge in [-0.25, -0.2) is 9.13 Å². The molecule has 0 aliphatic carbocycles. The van der Waals surface area contributed by atoms with Gasteiger partial charge in [0.1, 0.15) is 12.4 Å². The lowest BCUT2D eigenvalue weighted by molar-refractivity contribution is -0.704. The average Bonchev–Trinajstić information content (AvgIpc) is 3.59. The third kappa shape index (κ3) is 36.3. The maximum Gasteiger partial charge on any atom is 0.256 e. The Bertz CT molecular complexity index is 857. The van der Waals surface area contributed by atoms with Gasteiger partial charge in [0.2, 0.25) is 0 Å². The summed E-state index contributed by atoms with van der Waals surface area (Å²) in [5, 5.41) is 0. The van der Waals surface area contributed by atoms with Crippen molar-refractivity contribution >= 4 is 0 Å². The number of imidazole rings is 1. The molecule has 0 saturated carbocycles. The van der Waals surface area contributed by atoms with E-state index >= 15 is 0 Å². The third-order valence-corrected chi connectivity index (χ3v) is 13.1. The van der Waals surface area contributed by atoms with Crippen molar-refractivity contribution in [2.24, 2.45) is 0 Å². The first-order valence-electron chi connectivity index (χ1n) is 26.9. The van der Waals surface area contributed by atoms with Crippen LogP contribution in [-0.2, 0) is 19.5 Å². The van der Waals surface area contributed by atoms with E-state index < -0.39 is 0 Å². The molecule has 0 N–H and O–H groups in total. The predicted octanol–water partition coefficient (Wildman–Crippen LogP) is 18.9. The molecule has 0 fully saturated rings. The van der Waals surface area contributed by atoms with E-state index in [1.807, 2.05) is 0 Å². The van der Waals surface area contributed by atoms with Crippen LogP contribution in [0.15, 0.2) is 12.4 Å². The van der Waals surface area contributed by atoms with E-state index in [0.29, 0.717) is 0 Å². The zero-order valence-corrected chi connectivity index (χ0v) is 39.5. The summed E-state index contributed by atoms with van der Waals surface area (Å²) >= 11 is 0. The molecule has 1 aromatic rings. The minimum absolute atomic E-state index is 1.23. The highest BCUT2D eigenvalue weighted by Gasteiger charge is 2.16. The topological polar surface area (TPSA) is 8.81 Å². The van der Waals surface area contributed by atoms with E-state index in [-0.39, 0.29) is 0 Å². The number of unbranched alkanes of at least 4 members (excludes halogenated alkanes) is 42. The van der Waals surface area contributed by atoms with Crippen LogP contribution in [0.4, 0.5) is 0 Å². The maximum atomic E-state index is 2.66. The third-order valence-electron chi connectivity index (χ3n) is 13.1. The van der Waals surface area contributed by atoms with E-state index in [0.717, 1.165) is 0 Å². The van der Waals surface area contributed by atoms with Crippen LogP contribution in [0, 0.1) is 0 Å². The molecule has 56 heavy (non-hydrogen) atoms. The van der Waals surface area contributed by atoms with Crippen molar-refractivity contribution in [1.29, 1.82) is 0 Å². The zero-order chi connectivity index (χ0) is 40.1. The Morgan fingerprint density at radius 2 is 0.554 bits per heavy atom. The lowest BCUT2D eigenvalue weighted by Gasteiger charge is -2.07. The van der Waals surface area contributed by atoms with E-state index in [9.17, 15) is 0 Å². The van der Waals surface area contributed by atoms with Crippen molar-refractivity contribution in [3.8, 4) is 0 Å². The Labute approximate surface area is 355 Å². The van der Waals surface area contributed by atoms with Crippen molar-refractivity contribution in [2.45, 2.75) is 329 Å². The van der Waals surface area contributed by atoms with Gasteiger partial charge in [0, 0.05) is 6.42 Å². The first-order chi connectivity index (χ1) is 27.8. The molecule has 0 aliphatic heterocycles. The van der Waals surface area contributed by atoms with E-state index in [1.54, 1.807) is 5.82 Å². The lowest BCUT2D eigenvalue weighted by atomic mass is 10.0. The Kier molecular flexibility index (Phi) is 43.1. The van der Waals surface area contributed by atoms with Crippen LogP contribution in [0.2, 0.25) is 0 Å². The number of aryl methyl sites for hydroxylation is 2. The van der Waals surface area contributed by atoms with E-state index in [4.69, 9.17) is 0 Å². The molecular formula is C54H107N2+. The SMILES string of the molecule is CCCCCCCCCCCCCCCCCCn1cc[n+](CCCCCCCCCCCCCCCCC)c1CCCCCCCCCCCCCCCC. The highest BCUT2D eigenvalue weighted by atomic mass is 15.1. The summed E-state index contributed by atoms with van der Waals surface area (Å²) in [6, 6.07) is 0. The van der Waals surface area contributed by atoms with Gasteiger partial charge in [0.25, 0.3) is 5.82 Å². The highest BCUT2D eigenvalue weighted by Crippen LogP contribution is 2.17. The summed E-state index contributed by atoms with van der Waals surface area (Å²) in [5.41, 5.74) is 0. The van der Waals surface area contributed by atoms with Gasteiger partial charge in [-0.05, 0) is 32.1 Å². The first kappa shape index (κ1) is 53.2. The van der Waals surface area contributed by atoms with Gasteiger partial charge >= 0.3 is 0 Å². The van der Waals surface area contributed by atoms with Crippen LogP contribution in [0.3, 0.4) is 0 Å². The fraction of sp³-hybridized carbons (Fsp3) is 0.944. The standard InChI is InChI=1S/C54H107N2/c1-4-7-10-13-16-19-22-25-28-30-33-36-39-42-45-48-51-56-53-52-55(50-47-44-41-38-35-32-29-26-23-20-17-14-11-8-5-2)54(56)49-46-43-40-37-34-31-27-24-21-18-15-12-9-6-3/h52-53H,4-51H2,1-3H3/q+1. The monoisotopic (exact) mass is 784 g/mol. The number of nitrogens with zero attached hydrogens (tertiary/aromatic N) is 2. The second-order valence-electron chi connectivity index (χ2n) is 18.7. The first-order valence-corrected chi connectivity index (χ1v) is 26.9. The molecule has 0 aromatic carbocycles. The fourth-order valence-electron chi connectivity index (χ4n) is 9.15. The van der Waals surface area contributed by atoms with Crippen molar-refractivity contribution in [3.05, 3.63) is 18.2 Å². The summed E-state index contributed by atoms with van der Waals surface area (Å²) in [6.07, 6.45) is 71.3. The normalized spacial score (nSPS) is 11.7. The van der Waals surface area contributed by atoms with Crippen molar-refractivity contribution in [3.63, 3.8) is 0 Å². The van der Waals surface area contributed by atoms with Crippen molar-refractivity contribution < 1.29 is 4.57 Å². The van der Waals surface area contributed by atoms with Gasteiger partial charge in [-0.3, -0.25) is 0 Å². The molecule has 0 saturated heterocycles. The van der Waals surface area contributed by atoms with Crippen molar-refractivity contribution in [1.82, 2.24) is 4.57 Å². The Morgan fingerprint density at radius 1 is 0.304 bits per heavy atom. The molecule has 0 amide bonds. The minimum atomic E-state index is 1.23. The summed E-state index contributed by atoms with van der Waals surface area (Å²) in [4.78, 5) is 0. The molecule has 0 unspecified atom stereocenters. The molecular weight excluding hydrogens is 677 g/mol. The predicted molar refractivity (Wildman–Crippen MR) is 253 cm³/mol. The molecule has 1 rings (SSSR count). The maximum absolute atomic E-state index is 2.66. The average molecular weight is 784 g/mol. The molecule has 1 heterocycles. The van der Waals surface area contributed by atoms with Gasteiger partial charge in [0.05, 0.1) is 13.1 Å². The van der Waals surface area contributed by atoms with Crippen LogP contribution < -0.4 is 4.57 Å². The summed E-state index contributed by atoms with van der Waals surface area (Å²) in [5.74, 6) is 1.63. The molecule has 0 spiro atoms. The van der Waals surface area contributed by atoms with Gasteiger partial charge in [-0.1, -0.05) is 278 Å². The van der Waals surface area contributed by atoms with Gasteiger partial charge in [-0.2, -0.15) is 0 Å². The second-order valence-corrected chi connectivity index (χ2v) is 18.7. The van der Waals surface area contributed by atoms with Crippen LogP contribution in [-0.4, -0.2) is 4.57 Å². The van der Waals surface area contributed by atoms with Crippen LogP contribution in [0.5, 0.6) is 0 Å². The Hall–Kier alpha value is -0.790. The van der Waals surface area contributed by atoms with E-state index in [2.05, 4.69) is 42.3 Å². The zero-order valence-electron chi connectivity index (χ0n) is 39.5. The van der Waals surface area contributed by atoms with Gasteiger partial charge in [0.15, 0.2) is 0 Å². The van der Waals surface area contributed by atoms with Gasteiger partial charge < -0.3 is 0 Å². The smallest absolute Gasteiger partial charge is 0.234 e. The molecule has 0 aliphatic rings. The largest absolute Gasteiger partial charge is 0.256 e. The molecule has 0 radical (unpaired) electrons. The number of hydrogen-bond donors (Lipinski definition) is 0. The van der Waals surface area contributed by atoms with Crippen LogP contribution in [0.1, 0.15) is 316 Å². The Balaban J connectivity index is 2.25. The summed E-state index contributed by atoms with van der Waals surface area (Å²) in [7, 11) is 0. The molecule has 2 heteroatoms. The van der Waals surface area contributed by atoms with E-state index in [1.165, 1.54) is 308 Å². The quantitative estimate of drug-likeness (QED) is 0.0460. The highest BCUT2D eigenvalue weighted by molar-refractivity contribution is 4.84. The lowest BCUT2D eigenvalue weighted by Crippen LogP contribution is -2.37. The molecule has 1 aromatic heterocycles. The van der Waals surface area contributed by atoms with Crippen LogP contribution >= 0.6 is 0 Å². The number of rotatable bonds is 48. The summed E-state index contributed by atoms with van der Waals surface area (Å²) in [6.45, 7) is 9.42. The summed E-state index contributed by atoms with van der Waals surface area (Å²) < 4.78 is 5.33.